The number of rotatable bonds is 4. The van der Waals surface area contributed by atoms with Gasteiger partial charge in [-0.3, -0.25) is 0 Å². The smallest absolute Gasteiger partial charge is 0.243 e. The summed E-state index contributed by atoms with van der Waals surface area (Å²) in [7, 11) is -2.54. The van der Waals surface area contributed by atoms with E-state index in [0.717, 1.165) is 6.07 Å². The van der Waals surface area contributed by atoms with Crippen LogP contribution in [0.4, 0.5) is 4.39 Å². The van der Waals surface area contributed by atoms with Gasteiger partial charge in [-0.15, -0.1) is 0 Å². The SMILES string of the molecule is COc1ccc(S(=O)(=O)N2CCCC(O)(CO)CC2)cc1F. The molecular formula is C14H20FNO5S. The molecule has 0 amide bonds. The monoisotopic (exact) mass is 333 g/mol. The van der Waals surface area contributed by atoms with Crippen molar-refractivity contribution in [3.8, 4) is 5.75 Å². The van der Waals surface area contributed by atoms with Crippen LogP contribution in [0.1, 0.15) is 19.3 Å². The zero-order valence-corrected chi connectivity index (χ0v) is 13.1. The van der Waals surface area contributed by atoms with Crippen molar-refractivity contribution in [2.24, 2.45) is 0 Å². The van der Waals surface area contributed by atoms with Gasteiger partial charge in [0, 0.05) is 13.1 Å². The summed E-state index contributed by atoms with van der Waals surface area (Å²) in [6, 6.07) is 3.49. The lowest BCUT2D eigenvalue weighted by Crippen LogP contribution is -2.36. The van der Waals surface area contributed by atoms with Gasteiger partial charge < -0.3 is 14.9 Å². The van der Waals surface area contributed by atoms with Crippen molar-refractivity contribution in [2.45, 2.75) is 29.8 Å². The van der Waals surface area contributed by atoms with Crippen molar-refractivity contribution in [2.75, 3.05) is 26.8 Å². The van der Waals surface area contributed by atoms with E-state index in [1.54, 1.807) is 0 Å². The number of benzene rings is 1. The number of sulfonamides is 1. The number of aliphatic hydroxyl groups excluding tert-OH is 1. The molecule has 1 aliphatic heterocycles. The van der Waals surface area contributed by atoms with Gasteiger partial charge in [-0.25, -0.2) is 12.8 Å². The van der Waals surface area contributed by atoms with Crippen LogP contribution in [0.25, 0.3) is 0 Å². The zero-order chi connectivity index (χ0) is 16.4. The van der Waals surface area contributed by atoms with Crippen LogP contribution < -0.4 is 4.74 Å². The summed E-state index contributed by atoms with van der Waals surface area (Å²) in [5, 5.41) is 19.3. The number of hydrogen-bond acceptors (Lipinski definition) is 5. The minimum atomic E-state index is -3.85. The van der Waals surface area contributed by atoms with Gasteiger partial charge in [-0.2, -0.15) is 4.31 Å². The highest BCUT2D eigenvalue weighted by atomic mass is 32.2. The second kappa shape index (κ2) is 6.49. The predicted molar refractivity (Wildman–Crippen MR) is 77.6 cm³/mol. The van der Waals surface area contributed by atoms with Crippen molar-refractivity contribution in [3.05, 3.63) is 24.0 Å². The Bertz CT molecular complexity index is 636. The van der Waals surface area contributed by atoms with Crippen LogP contribution in [-0.2, 0) is 10.0 Å². The molecule has 22 heavy (non-hydrogen) atoms. The molecule has 124 valence electrons. The minimum Gasteiger partial charge on any atom is -0.494 e. The van der Waals surface area contributed by atoms with E-state index in [4.69, 9.17) is 4.74 Å². The fourth-order valence-electron chi connectivity index (χ4n) is 2.51. The van der Waals surface area contributed by atoms with E-state index >= 15 is 0 Å². The summed E-state index contributed by atoms with van der Waals surface area (Å²) in [6.45, 7) is -0.108. The molecule has 1 heterocycles. The van der Waals surface area contributed by atoms with Crippen LogP contribution in [0.5, 0.6) is 5.75 Å². The quantitative estimate of drug-likeness (QED) is 0.848. The van der Waals surface area contributed by atoms with Crippen LogP contribution in [0.3, 0.4) is 0 Å². The summed E-state index contributed by atoms with van der Waals surface area (Å²) in [4.78, 5) is -0.153. The molecule has 2 N–H and O–H groups in total. The minimum absolute atomic E-state index is 0.0236. The van der Waals surface area contributed by atoms with E-state index in [1.165, 1.54) is 23.5 Å². The summed E-state index contributed by atoms with van der Waals surface area (Å²) < 4.78 is 44.8. The lowest BCUT2D eigenvalue weighted by atomic mass is 9.96. The summed E-state index contributed by atoms with van der Waals surface area (Å²) in [5.74, 6) is -0.769. The zero-order valence-electron chi connectivity index (χ0n) is 12.3. The normalized spacial score (nSPS) is 24.0. The highest BCUT2D eigenvalue weighted by Crippen LogP contribution is 2.27. The third kappa shape index (κ3) is 3.40. The average Bonchev–Trinajstić information content (AvgIpc) is 2.70. The van der Waals surface area contributed by atoms with E-state index < -0.39 is 28.0 Å². The fraction of sp³-hybridized carbons (Fsp3) is 0.571. The van der Waals surface area contributed by atoms with Crippen molar-refractivity contribution < 1.29 is 27.8 Å². The van der Waals surface area contributed by atoms with Crippen LogP contribution in [0, 0.1) is 5.82 Å². The summed E-state index contributed by atoms with van der Waals surface area (Å²) in [5.41, 5.74) is -1.25. The molecule has 1 unspecified atom stereocenters. The molecule has 0 aliphatic carbocycles. The van der Waals surface area contributed by atoms with E-state index in [-0.39, 0.29) is 30.2 Å². The van der Waals surface area contributed by atoms with Crippen LogP contribution in [0.2, 0.25) is 0 Å². The van der Waals surface area contributed by atoms with Gasteiger partial charge in [-0.1, -0.05) is 0 Å². The molecule has 0 saturated carbocycles. The number of aliphatic hydroxyl groups is 2. The number of hydrogen-bond donors (Lipinski definition) is 2. The van der Waals surface area contributed by atoms with Gasteiger partial charge >= 0.3 is 0 Å². The van der Waals surface area contributed by atoms with Crippen molar-refractivity contribution >= 4 is 10.0 Å². The van der Waals surface area contributed by atoms with Gasteiger partial charge in [-0.05, 0) is 37.5 Å². The Labute approximate surface area is 129 Å². The third-order valence-electron chi connectivity index (χ3n) is 3.93. The van der Waals surface area contributed by atoms with E-state index in [2.05, 4.69) is 0 Å². The largest absolute Gasteiger partial charge is 0.494 e. The van der Waals surface area contributed by atoms with E-state index in [9.17, 15) is 23.0 Å². The van der Waals surface area contributed by atoms with Crippen LogP contribution in [-0.4, -0.2) is 55.3 Å². The molecule has 1 aliphatic rings. The average molecular weight is 333 g/mol. The van der Waals surface area contributed by atoms with Crippen LogP contribution >= 0.6 is 0 Å². The number of methoxy groups -OCH3 is 1. The molecule has 1 aromatic rings. The molecule has 8 heteroatoms. The van der Waals surface area contributed by atoms with Gasteiger partial charge in [0.05, 0.1) is 24.2 Å². The molecule has 1 fully saturated rings. The third-order valence-corrected chi connectivity index (χ3v) is 5.83. The molecule has 2 rings (SSSR count). The predicted octanol–water partition coefficient (Wildman–Crippen LogP) is 0.732. The van der Waals surface area contributed by atoms with Gasteiger partial charge in [0.15, 0.2) is 11.6 Å². The first-order valence-corrected chi connectivity index (χ1v) is 8.43. The number of halogens is 1. The Balaban J connectivity index is 2.25. The first-order valence-electron chi connectivity index (χ1n) is 6.99. The molecule has 0 aromatic heterocycles. The molecule has 0 bridgehead atoms. The maximum atomic E-state index is 13.7. The first-order chi connectivity index (χ1) is 10.3. The molecule has 0 spiro atoms. The van der Waals surface area contributed by atoms with E-state index in [0.29, 0.717) is 12.8 Å². The van der Waals surface area contributed by atoms with E-state index in [1.807, 2.05) is 0 Å². The molecular weight excluding hydrogens is 313 g/mol. The molecule has 0 radical (unpaired) electrons. The second-order valence-electron chi connectivity index (χ2n) is 5.44. The van der Waals surface area contributed by atoms with Gasteiger partial charge in [0.25, 0.3) is 0 Å². The topological polar surface area (TPSA) is 87.1 Å². The fourth-order valence-corrected chi connectivity index (χ4v) is 4.00. The Hall–Kier alpha value is -1.22. The summed E-state index contributed by atoms with van der Waals surface area (Å²) >= 11 is 0. The second-order valence-corrected chi connectivity index (χ2v) is 7.37. The highest BCUT2D eigenvalue weighted by Gasteiger charge is 2.34. The van der Waals surface area contributed by atoms with Crippen molar-refractivity contribution in [1.29, 1.82) is 0 Å². The molecule has 1 aromatic carbocycles. The maximum Gasteiger partial charge on any atom is 0.243 e. The van der Waals surface area contributed by atoms with Crippen molar-refractivity contribution in [1.82, 2.24) is 4.31 Å². The Morgan fingerprint density at radius 1 is 1.36 bits per heavy atom. The number of nitrogens with zero attached hydrogens (tertiary/aromatic N) is 1. The van der Waals surface area contributed by atoms with Crippen LogP contribution in [0.15, 0.2) is 23.1 Å². The lowest BCUT2D eigenvalue weighted by Gasteiger charge is -2.24. The Morgan fingerprint density at radius 2 is 2.09 bits per heavy atom. The van der Waals surface area contributed by atoms with Gasteiger partial charge in [0.1, 0.15) is 0 Å². The maximum absolute atomic E-state index is 13.7. The van der Waals surface area contributed by atoms with Crippen molar-refractivity contribution in [3.63, 3.8) is 0 Å². The number of ether oxygens (including phenoxy) is 1. The Kier molecular flexibility index (Phi) is 5.06. The molecule has 6 nitrogen and oxygen atoms in total. The Morgan fingerprint density at radius 3 is 2.68 bits per heavy atom. The summed E-state index contributed by atoms with van der Waals surface area (Å²) in [6.07, 6.45) is 0.892. The van der Waals surface area contributed by atoms with Gasteiger partial charge in [0.2, 0.25) is 10.0 Å². The lowest BCUT2D eigenvalue weighted by molar-refractivity contribution is -0.0244. The standard InChI is InChI=1S/C14H20FNO5S/c1-21-13-4-3-11(9-12(13)15)22(19,20)16-7-2-5-14(18,10-17)6-8-16/h3-4,9,17-18H,2,5-8,10H2,1H3. The highest BCUT2D eigenvalue weighted by molar-refractivity contribution is 7.89. The first kappa shape index (κ1) is 17.1. The molecule has 1 atom stereocenters. The molecule has 1 saturated heterocycles.